The zero-order chi connectivity index (χ0) is 18.8. The first-order valence-electron chi connectivity index (χ1n) is 9.01. The summed E-state index contributed by atoms with van der Waals surface area (Å²) >= 11 is 0. The Labute approximate surface area is 157 Å². The lowest BCUT2D eigenvalue weighted by Crippen LogP contribution is -2.18. The van der Waals surface area contributed by atoms with Crippen LogP contribution in [0.1, 0.15) is 18.4 Å². The van der Waals surface area contributed by atoms with E-state index in [0.717, 1.165) is 28.1 Å². The van der Waals surface area contributed by atoms with Gasteiger partial charge in [0.05, 0.1) is 23.7 Å². The number of nitrogens with one attached hydrogen (secondary N) is 1. The minimum absolute atomic E-state index is 0.427. The number of anilines is 1. The van der Waals surface area contributed by atoms with Crippen LogP contribution in [-0.4, -0.2) is 32.3 Å². The number of aliphatic hydroxyl groups is 1. The van der Waals surface area contributed by atoms with Crippen molar-refractivity contribution >= 4 is 17.0 Å². The quantitative estimate of drug-likeness (QED) is 0.545. The van der Waals surface area contributed by atoms with Gasteiger partial charge in [0, 0.05) is 12.1 Å². The Morgan fingerprint density at radius 3 is 2.59 bits per heavy atom. The summed E-state index contributed by atoms with van der Waals surface area (Å²) in [4.78, 5) is 9.36. The number of rotatable bonds is 6. The Bertz CT molecular complexity index is 1050. The third-order valence-corrected chi connectivity index (χ3v) is 4.43. The molecule has 0 aliphatic carbocycles. The first-order chi connectivity index (χ1) is 13.1. The van der Waals surface area contributed by atoms with Crippen LogP contribution in [0.4, 0.5) is 5.95 Å². The van der Waals surface area contributed by atoms with Crippen LogP contribution in [0.15, 0.2) is 59.0 Å². The van der Waals surface area contributed by atoms with Crippen molar-refractivity contribution in [2.45, 2.75) is 26.5 Å². The van der Waals surface area contributed by atoms with Crippen LogP contribution in [-0.2, 0) is 6.54 Å². The van der Waals surface area contributed by atoms with Gasteiger partial charge >= 0.3 is 0 Å². The average Bonchev–Trinajstić information content (AvgIpc) is 3.22. The number of aryl methyl sites for hydroxylation is 1. The van der Waals surface area contributed by atoms with Crippen LogP contribution in [0.5, 0.6) is 0 Å². The maximum Gasteiger partial charge on any atom is 0.226 e. The number of hydrogen-bond acceptors (Lipinski definition) is 5. The number of aliphatic hydroxyl groups excluding tert-OH is 1. The van der Waals surface area contributed by atoms with Crippen molar-refractivity contribution < 1.29 is 9.52 Å². The van der Waals surface area contributed by atoms with Crippen LogP contribution in [0.25, 0.3) is 22.5 Å². The molecule has 0 saturated carbocycles. The molecular weight excluding hydrogens is 340 g/mol. The highest BCUT2D eigenvalue weighted by molar-refractivity contribution is 5.78. The number of hydrogen-bond donors (Lipinski definition) is 2. The Hall–Kier alpha value is -3.12. The van der Waals surface area contributed by atoms with Gasteiger partial charge in [-0.05, 0) is 38.1 Å². The molecular formula is C21H22N4O2. The molecule has 2 N–H and O–H groups in total. The van der Waals surface area contributed by atoms with Gasteiger partial charge < -0.3 is 19.4 Å². The monoisotopic (exact) mass is 362 g/mol. The van der Waals surface area contributed by atoms with Gasteiger partial charge in [-0.2, -0.15) is 0 Å². The lowest BCUT2D eigenvalue weighted by molar-refractivity contribution is 0.208. The van der Waals surface area contributed by atoms with Gasteiger partial charge in [-0.25, -0.2) is 9.97 Å². The van der Waals surface area contributed by atoms with E-state index in [4.69, 9.17) is 9.40 Å². The van der Waals surface area contributed by atoms with Crippen LogP contribution in [0.2, 0.25) is 0 Å². The van der Waals surface area contributed by atoms with Crippen molar-refractivity contribution in [2.24, 2.45) is 0 Å². The molecule has 0 amide bonds. The first kappa shape index (κ1) is 17.3. The lowest BCUT2D eigenvalue weighted by atomic mass is 10.2. The standard InChI is InChI=1S/C21H22N4O2/c1-14(26)12-22-21-24-17-10-6-7-11-19(17)25(21)13-18-15(2)27-20(23-18)16-8-4-3-5-9-16/h3-11,14,26H,12-13H2,1-2H3,(H,22,24). The predicted octanol–water partition coefficient (Wildman–Crippen LogP) is 3.84. The number of aromatic nitrogens is 3. The highest BCUT2D eigenvalue weighted by Crippen LogP contribution is 2.25. The molecule has 138 valence electrons. The summed E-state index contributed by atoms with van der Waals surface area (Å²) < 4.78 is 7.96. The van der Waals surface area contributed by atoms with E-state index in [2.05, 4.69) is 14.9 Å². The fourth-order valence-electron chi connectivity index (χ4n) is 3.04. The fraction of sp³-hybridized carbons (Fsp3) is 0.238. The second-order valence-electron chi connectivity index (χ2n) is 6.63. The molecule has 0 spiro atoms. The molecule has 4 rings (SSSR count). The zero-order valence-electron chi connectivity index (χ0n) is 15.4. The van der Waals surface area contributed by atoms with Gasteiger partial charge in [0.1, 0.15) is 11.5 Å². The van der Waals surface area contributed by atoms with Gasteiger partial charge in [0.25, 0.3) is 0 Å². The molecule has 6 heteroatoms. The average molecular weight is 362 g/mol. The van der Waals surface area contributed by atoms with Gasteiger partial charge in [0.15, 0.2) is 0 Å². The van der Waals surface area contributed by atoms with Gasteiger partial charge in [0.2, 0.25) is 11.8 Å². The first-order valence-corrected chi connectivity index (χ1v) is 9.01. The number of benzene rings is 2. The van der Waals surface area contributed by atoms with Gasteiger partial charge in [-0.3, -0.25) is 0 Å². The number of oxazole rings is 1. The van der Waals surface area contributed by atoms with E-state index in [0.29, 0.717) is 24.9 Å². The van der Waals surface area contributed by atoms with E-state index < -0.39 is 6.10 Å². The summed E-state index contributed by atoms with van der Waals surface area (Å²) in [5.41, 5.74) is 3.72. The smallest absolute Gasteiger partial charge is 0.226 e. The lowest BCUT2D eigenvalue weighted by Gasteiger charge is -2.11. The molecule has 2 aromatic carbocycles. The maximum absolute atomic E-state index is 9.62. The summed E-state index contributed by atoms with van der Waals surface area (Å²) in [7, 11) is 0. The topological polar surface area (TPSA) is 76.1 Å². The molecule has 4 aromatic rings. The van der Waals surface area contributed by atoms with Crippen LogP contribution < -0.4 is 5.32 Å². The largest absolute Gasteiger partial charge is 0.441 e. The summed E-state index contributed by atoms with van der Waals surface area (Å²) in [5, 5.41) is 12.8. The normalized spacial score (nSPS) is 12.4. The molecule has 2 heterocycles. The minimum atomic E-state index is -0.461. The molecule has 0 bridgehead atoms. The second kappa shape index (κ2) is 7.25. The van der Waals surface area contributed by atoms with Crippen LogP contribution in [0.3, 0.4) is 0 Å². The maximum atomic E-state index is 9.62. The van der Waals surface area contributed by atoms with Crippen molar-refractivity contribution in [1.82, 2.24) is 14.5 Å². The Morgan fingerprint density at radius 1 is 1.07 bits per heavy atom. The molecule has 1 atom stereocenters. The number of imidazole rings is 1. The number of nitrogens with zero attached hydrogens (tertiary/aromatic N) is 3. The predicted molar refractivity (Wildman–Crippen MR) is 106 cm³/mol. The molecule has 0 radical (unpaired) electrons. The molecule has 6 nitrogen and oxygen atoms in total. The summed E-state index contributed by atoms with van der Waals surface area (Å²) in [5.74, 6) is 2.11. The number of fused-ring (bicyclic) bond motifs is 1. The molecule has 0 aliphatic heterocycles. The molecule has 0 saturated heterocycles. The van der Waals surface area contributed by atoms with Crippen molar-refractivity contribution in [3.05, 3.63) is 66.1 Å². The highest BCUT2D eigenvalue weighted by atomic mass is 16.4. The third kappa shape index (κ3) is 3.57. The SMILES string of the molecule is Cc1oc(-c2ccccc2)nc1Cn1c(NCC(C)O)nc2ccccc21. The zero-order valence-corrected chi connectivity index (χ0v) is 15.4. The molecule has 27 heavy (non-hydrogen) atoms. The van der Waals surface area contributed by atoms with E-state index in [1.165, 1.54) is 0 Å². The van der Waals surface area contributed by atoms with Crippen LogP contribution >= 0.6 is 0 Å². The second-order valence-corrected chi connectivity index (χ2v) is 6.63. The van der Waals surface area contributed by atoms with E-state index in [1.54, 1.807) is 6.92 Å². The van der Waals surface area contributed by atoms with Crippen LogP contribution in [0, 0.1) is 6.92 Å². The third-order valence-electron chi connectivity index (χ3n) is 4.43. The minimum Gasteiger partial charge on any atom is -0.441 e. The van der Waals surface area contributed by atoms with E-state index in [-0.39, 0.29) is 0 Å². The summed E-state index contributed by atoms with van der Waals surface area (Å²) in [6.07, 6.45) is -0.461. The van der Waals surface area contributed by atoms with E-state index >= 15 is 0 Å². The molecule has 1 unspecified atom stereocenters. The van der Waals surface area contributed by atoms with E-state index in [9.17, 15) is 5.11 Å². The van der Waals surface area contributed by atoms with Gasteiger partial charge in [-0.15, -0.1) is 0 Å². The Kier molecular flexibility index (Phi) is 4.64. The molecule has 2 aromatic heterocycles. The molecule has 0 aliphatic rings. The van der Waals surface area contributed by atoms with Crippen molar-refractivity contribution in [3.63, 3.8) is 0 Å². The number of para-hydroxylation sites is 2. The van der Waals surface area contributed by atoms with Crippen molar-refractivity contribution in [1.29, 1.82) is 0 Å². The molecule has 0 fully saturated rings. The summed E-state index contributed by atoms with van der Waals surface area (Å²) in [6, 6.07) is 17.8. The Morgan fingerprint density at radius 2 is 1.81 bits per heavy atom. The van der Waals surface area contributed by atoms with Crippen molar-refractivity contribution in [3.8, 4) is 11.5 Å². The highest BCUT2D eigenvalue weighted by Gasteiger charge is 2.16. The summed E-state index contributed by atoms with van der Waals surface area (Å²) in [6.45, 7) is 4.63. The van der Waals surface area contributed by atoms with E-state index in [1.807, 2.05) is 61.5 Å². The fourth-order valence-corrected chi connectivity index (χ4v) is 3.04. The Balaban J connectivity index is 1.71. The van der Waals surface area contributed by atoms with Gasteiger partial charge in [-0.1, -0.05) is 30.3 Å². The van der Waals surface area contributed by atoms with Crippen molar-refractivity contribution in [2.75, 3.05) is 11.9 Å².